The molecule has 0 spiro atoms. The SMILES string of the molecule is CCc1ccsc1C(=O)NCC1CCN(C2CC2)C1. The average molecular weight is 278 g/mol. The number of rotatable bonds is 5. The fraction of sp³-hybridized carbons (Fsp3) is 0.667. The van der Waals surface area contributed by atoms with Crippen molar-refractivity contribution in [2.45, 2.75) is 38.6 Å². The number of thiophene rings is 1. The molecular weight excluding hydrogens is 256 g/mol. The third-order valence-corrected chi connectivity index (χ3v) is 5.22. The highest BCUT2D eigenvalue weighted by Crippen LogP contribution is 2.31. The van der Waals surface area contributed by atoms with Crippen LogP contribution in [0.3, 0.4) is 0 Å². The maximum Gasteiger partial charge on any atom is 0.261 e. The summed E-state index contributed by atoms with van der Waals surface area (Å²) in [6.07, 6.45) is 4.94. The second-order valence-corrected chi connectivity index (χ2v) is 6.64. The molecular formula is C15H22N2OS. The summed E-state index contributed by atoms with van der Waals surface area (Å²) in [6, 6.07) is 2.92. The van der Waals surface area contributed by atoms with E-state index >= 15 is 0 Å². The Morgan fingerprint density at radius 2 is 2.32 bits per heavy atom. The summed E-state index contributed by atoms with van der Waals surface area (Å²) >= 11 is 1.56. The van der Waals surface area contributed by atoms with Gasteiger partial charge in [0, 0.05) is 19.1 Å². The molecule has 2 aliphatic rings. The third-order valence-electron chi connectivity index (χ3n) is 4.27. The fourth-order valence-electron chi connectivity index (χ4n) is 2.93. The number of hydrogen-bond donors (Lipinski definition) is 1. The zero-order valence-corrected chi connectivity index (χ0v) is 12.3. The molecule has 0 bridgehead atoms. The number of carbonyl (C=O) groups is 1. The molecule has 3 nitrogen and oxygen atoms in total. The van der Waals surface area contributed by atoms with Crippen molar-refractivity contribution < 1.29 is 4.79 Å². The second-order valence-electron chi connectivity index (χ2n) is 5.72. The molecule has 1 aromatic rings. The predicted molar refractivity (Wildman–Crippen MR) is 78.7 cm³/mol. The van der Waals surface area contributed by atoms with Crippen LogP contribution in [-0.4, -0.2) is 36.5 Å². The summed E-state index contributed by atoms with van der Waals surface area (Å²) in [7, 11) is 0. The van der Waals surface area contributed by atoms with Crippen LogP contribution >= 0.6 is 11.3 Å². The summed E-state index contributed by atoms with van der Waals surface area (Å²) < 4.78 is 0. The number of amides is 1. The van der Waals surface area contributed by atoms with Gasteiger partial charge in [-0.15, -0.1) is 11.3 Å². The normalized spacial score (nSPS) is 23.7. The number of aryl methyl sites for hydroxylation is 1. The Hall–Kier alpha value is -0.870. The van der Waals surface area contributed by atoms with E-state index in [0.29, 0.717) is 5.92 Å². The van der Waals surface area contributed by atoms with E-state index in [0.717, 1.165) is 23.9 Å². The highest BCUT2D eigenvalue weighted by molar-refractivity contribution is 7.12. The Morgan fingerprint density at radius 3 is 3.05 bits per heavy atom. The molecule has 1 N–H and O–H groups in total. The van der Waals surface area contributed by atoms with Crippen LogP contribution in [0.2, 0.25) is 0 Å². The Balaban J connectivity index is 1.48. The van der Waals surface area contributed by atoms with Crippen LogP contribution in [0.1, 0.15) is 41.4 Å². The van der Waals surface area contributed by atoms with Crippen molar-refractivity contribution in [2.75, 3.05) is 19.6 Å². The third kappa shape index (κ3) is 3.00. The average Bonchev–Trinajstić information content (AvgIpc) is 2.99. The minimum absolute atomic E-state index is 0.122. The molecule has 1 aliphatic heterocycles. The van der Waals surface area contributed by atoms with Gasteiger partial charge < -0.3 is 10.2 Å². The Morgan fingerprint density at radius 1 is 1.47 bits per heavy atom. The molecule has 1 amide bonds. The molecule has 1 saturated heterocycles. The van der Waals surface area contributed by atoms with Crippen LogP contribution in [-0.2, 0) is 6.42 Å². The highest BCUT2D eigenvalue weighted by atomic mass is 32.1. The summed E-state index contributed by atoms with van der Waals surface area (Å²) in [5.41, 5.74) is 1.17. The smallest absolute Gasteiger partial charge is 0.261 e. The number of hydrogen-bond acceptors (Lipinski definition) is 3. The highest BCUT2D eigenvalue weighted by Gasteiger charge is 2.34. The van der Waals surface area contributed by atoms with E-state index < -0.39 is 0 Å². The predicted octanol–water partition coefficient (Wildman–Crippen LogP) is 2.52. The van der Waals surface area contributed by atoms with Gasteiger partial charge in [0.05, 0.1) is 4.88 Å². The first kappa shape index (κ1) is 13.1. The lowest BCUT2D eigenvalue weighted by Gasteiger charge is -2.15. The topological polar surface area (TPSA) is 32.3 Å². The molecule has 0 aromatic carbocycles. The van der Waals surface area contributed by atoms with Crippen LogP contribution in [0.5, 0.6) is 0 Å². The van der Waals surface area contributed by atoms with Gasteiger partial charge in [-0.1, -0.05) is 6.92 Å². The van der Waals surface area contributed by atoms with Gasteiger partial charge in [0.2, 0.25) is 0 Å². The van der Waals surface area contributed by atoms with Crippen LogP contribution < -0.4 is 5.32 Å². The fourth-order valence-corrected chi connectivity index (χ4v) is 3.84. The van der Waals surface area contributed by atoms with E-state index in [1.165, 1.54) is 37.9 Å². The van der Waals surface area contributed by atoms with Crippen molar-refractivity contribution in [1.29, 1.82) is 0 Å². The Kier molecular flexibility index (Phi) is 3.89. The van der Waals surface area contributed by atoms with Crippen molar-refractivity contribution in [1.82, 2.24) is 10.2 Å². The second kappa shape index (κ2) is 5.63. The molecule has 2 fully saturated rings. The van der Waals surface area contributed by atoms with E-state index in [-0.39, 0.29) is 5.91 Å². The molecule has 4 heteroatoms. The van der Waals surface area contributed by atoms with Crippen LogP contribution in [0, 0.1) is 5.92 Å². The van der Waals surface area contributed by atoms with Crippen LogP contribution in [0.25, 0.3) is 0 Å². The number of likely N-dealkylation sites (tertiary alicyclic amines) is 1. The van der Waals surface area contributed by atoms with Crippen LogP contribution in [0.15, 0.2) is 11.4 Å². The summed E-state index contributed by atoms with van der Waals surface area (Å²) in [6.45, 7) is 5.34. The quantitative estimate of drug-likeness (QED) is 0.897. The van der Waals surface area contributed by atoms with Gasteiger partial charge in [-0.2, -0.15) is 0 Å². The monoisotopic (exact) mass is 278 g/mol. The first-order valence-corrected chi connectivity index (χ1v) is 8.24. The summed E-state index contributed by atoms with van der Waals surface area (Å²) in [4.78, 5) is 15.7. The molecule has 1 unspecified atom stereocenters. The number of nitrogens with one attached hydrogen (secondary N) is 1. The zero-order chi connectivity index (χ0) is 13.2. The minimum Gasteiger partial charge on any atom is -0.351 e. The molecule has 19 heavy (non-hydrogen) atoms. The van der Waals surface area contributed by atoms with E-state index in [9.17, 15) is 4.79 Å². The van der Waals surface area contributed by atoms with Gasteiger partial charge >= 0.3 is 0 Å². The maximum atomic E-state index is 12.2. The summed E-state index contributed by atoms with van der Waals surface area (Å²) in [5.74, 6) is 0.770. The van der Waals surface area contributed by atoms with Crippen LogP contribution in [0.4, 0.5) is 0 Å². The molecule has 1 aliphatic carbocycles. The largest absolute Gasteiger partial charge is 0.351 e. The van der Waals surface area contributed by atoms with E-state index in [1.54, 1.807) is 11.3 Å². The van der Waals surface area contributed by atoms with Crippen molar-refractivity contribution in [3.05, 3.63) is 21.9 Å². The number of carbonyl (C=O) groups excluding carboxylic acids is 1. The van der Waals surface area contributed by atoms with Crippen molar-refractivity contribution in [3.8, 4) is 0 Å². The molecule has 3 rings (SSSR count). The van der Waals surface area contributed by atoms with Gasteiger partial charge in [-0.3, -0.25) is 4.79 Å². The van der Waals surface area contributed by atoms with E-state index in [2.05, 4.69) is 23.2 Å². The molecule has 1 atom stereocenters. The lowest BCUT2D eigenvalue weighted by Crippen LogP contribution is -2.31. The lowest BCUT2D eigenvalue weighted by molar-refractivity contribution is 0.0950. The molecule has 0 radical (unpaired) electrons. The van der Waals surface area contributed by atoms with Crippen molar-refractivity contribution in [3.63, 3.8) is 0 Å². The standard InChI is InChI=1S/C15H22N2OS/c1-2-12-6-8-19-14(12)15(18)16-9-11-5-7-17(10-11)13-3-4-13/h6,8,11,13H,2-5,7,9-10H2,1H3,(H,16,18). The van der Waals surface area contributed by atoms with Gasteiger partial charge in [-0.25, -0.2) is 0 Å². The van der Waals surface area contributed by atoms with Gasteiger partial charge in [0.1, 0.15) is 0 Å². The first-order valence-electron chi connectivity index (χ1n) is 7.36. The molecule has 104 valence electrons. The van der Waals surface area contributed by atoms with Gasteiger partial charge in [0.15, 0.2) is 0 Å². The van der Waals surface area contributed by atoms with Gasteiger partial charge in [0.25, 0.3) is 5.91 Å². The summed E-state index contributed by atoms with van der Waals surface area (Å²) in [5, 5.41) is 5.14. The Labute approximate surface area is 119 Å². The van der Waals surface area contributed by atoms with Crippen molar-refractivity contribution >= 4 is 17.2 Å². The Bertz CT molecular complexity index is 453. The molecule has 1 saturated carbocycles. The van der Waals surface area contributed by atoms with Gasteiger partial charge in [-0.05, 0) is 55.2 Å². The zero-order valence-electron chi connectivity index (χ0n) is 11.5. The van der Waals surface area contributed by atoms with Crippen molar-refractivity contribution in [2.24, 2.45) is 5.92 Å². The first-order chi connectivity index (χ1) is 9.28. The minimum atomic E-state index is 0.122. The number of nitrogens with zero attached hydrogens (tertiary/aromatic N) is 1. The van der Waals surface area contributed by atoms with E-state index in [1.807, 2.05) is 5.38 Å². The maximum absolute atomic E-state index is 12.2. The van der Waals surface area contributed by atoms with E-state index in [4.69, 9.17) is 0 Å². The lowest BCUT2D eigenvalue weighted by atomic mass is 10.1. The molecule has 2 heterocycles. The molecule has 1 aromatic heterocycles.